The number of nitrogens with two attached hydrogens (primary N) is 1. The maximum Gasteiger partial charge on any atom is 0.144 e. The fourth-order valence-corrected chi connectivity index (χ4v) is 2.02. The van der Waals surface area contributed by atoms with Gasteiger partial charge in [-0.3, -0.25) is 0 Å². The third-order valence-electron chi connectivity index (χ3n) is 3.03. The van der Waals surface area contributed by atoms with Crippen LogP contribution in [0.4, 0.5) is 11.4 Å². The fraction of sp³-hybridized carbons (Fsp3) is 0.571. The number of nitrogen functional groups attached to an aromatic ring is 1. The van der Waals surface area contributed by atoms with Gasteiger partial charge in [-0.25, -0.2) is 0 Å². The van der Waals surface area contributed by atoms with Crippen molar-refractivity contribution >= 4 is 11.4 Å². The molecule has 1 heterocycles. The Hall–Kier alpha value is -1.42. The maximum atomic E-state index is 5.87. The van der Waals surface area contributed by atoms with E-state index in [0.29, 0.717) is 18.4 Å². The van der Waals surface area contributed by atoms with Crippen LogP contribution in [0.15, 0.2) is 18.2 Å². The first-order valence-corrected chi connectivity index (χ1v) is 6.67. The zero-order chi connectivity index (χ0) is 12.8. The minimum absolute atomic E-state index is 0.336. The second-order valence-electron chi connectivity index (χ2n) is 4.62. The molecule has 2 rings (SSSR count). The van der Waals surface area contributed by atoms with Gasteiger partial charge in [0, 0.05) is 24.9 Å². The van der Waals surface area contributed by atoms with Gasteiger partial charge in [0.05, 0.1) is 18.4 Å². The molecule has 1 aliphatic heterocycles. The van der Waals surface area contributed by atoms with Gasteiger partial charge >= 0.3 is 0 Å². The van der Waals surface area contributed by atoms with Crippen LogP contribution in [-0.4, -0.2) is 25.9 Å². The first kappa shape index (κ1) is 13.0. The average Bonchev–Trinajstić information content (AvgIpc) is 2.89. The van der Waals surface area contributed by atoms with Gasteiger partial charge in [-0.1, -0.05) is 6.92 Å². The lowest BCUT2D eigenvalue weighted by molar-refractivity contribution is 0.120. The van der Waals surface area contributed by atoms with Crippen LogP contribution in [0.25, 0.3) is 0 Å². The molecule has 4 nitrogen and oxygen atoms in total. The van der Waals surface area contributed by atoms with Crippen LogP contribution in [0.2, 0.25) is 0 Å². The molecule has 0 bridgehead atoms. The van der Waals surface area contributed by atoms with E-state index in [-0.39, 0.29) is 0 Å². The Morgan fingerprint density at radius 2 is 2.39 bits per heavy atom. The molecule has 0 aliphatic carbocycles. The molecule has 1 aliphatic rings. The molecule has 0 spiro atoms. The van der Waals surface area contributed by atoms with Crippen LogP contribution in [0.3, 0.4) is 0 Å². The second-order valence-corrected chi connectivity index (χ2v) is 4.62. The molecule has 1 saturated heterocycles. The normalized spacial score (nSPS) is 18.8. The van der Waals surface area contributed by atoms with Crippen molar-refractivity contribution in [1.29, 1.82) is 0 Å². The van der Waals surface area contributed by atoms with E-state index in [9.17, 15) is 0 Å². The predicted molar refractivity (Wildman–Crippen MR) is 74.1 cm³/mol. The first-order chi connectivity index (χ1) is 8.79. The van der Waals surface area contributed by atoms with Gasteiger partial charge in [-0.05, 0) is 31.4 Å². The molecule has 3 N–H and O–H groups in total. The second kappa shape index (κ2) is 6.50. The largest absolute Gasteiger partial charge is 0.491 e. The van der Waals surface area contributed by atoms with E-state index >= 15 is 0 Å². The van der Waals surface area contributed by atoms with Crippen molar-refractivity contribution < 1.29 is 9.47 Å². The molecule has 100 valence electrons. The number of ether oxygens (including phenoxy) is 2. The smallest absolute Gasteiger partial charge is 0.144 e. The minimum atomic E-state index is 0.336. The Bertz CT molecular complexity index is 376. The third-order valence-corrected chi connectivity index (χ3v) is 3.03. The van der Waals surface area contributed by atoms with Crippen LogP contribution in [-0.2, 0) is 4.74 Å². The summed E-state index contributed by atoms with van der Waals surface area (Å²) in [6, 6.07) is 5.81. The van der Waals surface area contributed by atoms with Crippen LogP contribution in [0, 0.1) is 0 Å². The van der Waals surface area contributed by atoms with E-state index in [1.165, 1.54) is 6.42 Å². The summed E-state index contributed by atoms with van der Waals surface area (Å²) in [5.41, 5.74) is 7.59. The van der Waals surface area contributed by atoms with Gasteiger partial charge in [0.1, 0.15) is 5.75 Å². The average molecular weight is 250 g/mol. The molecule has 0 aromatic heterocycles. The van der Waals surface area contributed by atoms with Crippen molar-refractivity contribution in [3.05, 3.63) is 18.2 Å². The predicted octanol–water partition coefficient (Wildman–Crippen LogP) is 2.65. The van der Waals surface area contributed by atoms with Gasteiger partial charge in [0.25, 0.3) is 0 Å². The number of hydrogen-bond donors (Lipinski definition) is 2. The molecule has 0 saturated carbocycles. The van der Waals surface area contributed by atoms with Crippen LogP contribution in [0.1, 0.15) is 26.2 Å². The summed E-state index contributed by atoms with van der Waals surface area (Å²) in [5.74, 6) is 0.759. The van der Waals surface area contributed by atoms with Gasteiger partial charge in [-0.15, -0.1) is 0 Å². The van der Waals surface area contributed by atoms with E-state index < -0.39 is 0 Å². The summed E-state index contributed by atoms with van der Waals surface area (Å²) in [7, 11) is 0. The van der Waals surface area contributed by atoms with Crippen LogP contribution < -0.4 is 15.8 Å². The molecular weight excluding hydrogens is 228 g/mol. The lowest BCUT2D eigenvalue weighted by atomic mass is 10.2. The standard InChI is InChI=1S/C14H22N2O2/c1-2-7-18-14-9-11(5-6-13(14)15)16-10-12-4-3-8-17-12/h5-6,9,12,16H,2-4,7-8,10,15H2,1H3. The molecule has 1 aromatic carbocycles. The van der Waals surface area contributed by atoms with Crippen LogP contribution >= 0.6 is 0 Å². The monoisotopic (exact) mass is 250 g/mol. The van der Waals surface area contributed by atoms with E-state index in [1.807, 2.05) is 18.2 Å². The van der Waals surface area contributed by atoms with Crippen molar-refractivity contribution in [1.82, 2.24) is 0 Å². The maximum absolute atomic E-state index is 5.87. The molecule has 0 radical (unpaired) electrons. The topological polar surface area (TPSA) is 56.5 Å². The Labute approximate surface area is 108 Å². The van der Waals surface area contributed by atoms with Crippen molar-refractivity contribution in [2.45, 2.75) is 32.3 Å². The van der Waals surface area contributed by atoms with E-state index in [2.05, 4.69) is 12.2 Å². The number of nitrogens with one attached hydrogen (secondary N) is 1. The van der Waals surface area contributed by atoms with Gasteiger partial charge in [0.15, 0.2) is 0 Å². The summed E-state index contributed by atoms with van der Waals surface area (Å²) in [5, 5.41) is 3.37. The Kier molecular flexibility index (Phi) is 4.70. The summed E-state index contributed by atoms with van der Waals surface area (Å²) in [6.45, 7) is 4.51. The Morgan fingerprint density at radius 3 is 3.11 bits per heavy atom. The van der Waals surface area contributed by atoms with Gasteiger partial charge in [0.2, 0.25) is 0 Å². The van der Waals surface area contributed by atoms with Crippen molar-refractivity contribution in [2.24, 2.45) is 0 Å². The van der Waals surface area contributed by atoms with Crippen molar-refractivity contribution in [3.63, 3.8) is 0 Å². The Balaban J connectivity index is 1.91. The number of hydrogen-bond acceptors (Lipinski definition) is 4. The van der Waals surface area contributed by atoms with Gasteiger partial charge in [-0.2, -0.15) is 0 Å². The summed E-state index contributed by atoms with van der Waals surface area (Å²) in [4.78, 5) is 0. The highest BCUT2D eigenvalue weighted by atomic mass is 16.5. The SMILES string of the molecule is CCCOc1cc(NCC2CCCO2)ccc1N. The first-order valence-electron chi connectivity index (χ1n) is 6.67. The van der Waals surface area contributed by atoms with Crippen molar-refractivity contribution in [3.8, 4) is 5.75 Å². The zero-order valence-electron chi connectivity index (χ0n) is 10.9. The third kappa shape index (κ3) is 3.53. The van der Waals surface area contributed by atoms with E-state index in [0.717, 1.165) is 37.4 Å². The number of rotatable bonds is 6. The highest BCUT2D eigenvalue weighted by molar-refractivity contribution is 5.61. The summed E-state index contributed by atoms with van der Waals surface area (Å²) >= 11 is 0. The fourth-order valence-electron chi connectivity index (χ4n) is 2.02. The van der Waals surface area contributed by atoms with Crippen LogP contribution in [0.5, 0.6) is 5.75 Å². The number of benzene rings is 1. The molecule has 18 heavy (non-hydrogen) atoms. The van der Waals surface area contributed by atoms with E-state index in [4.69, 9.17) is 15.2 Å². The highest BCUT2D eigenvalue weighted by Gasteiger charge is 2.14. The molecule has 1 fully saturated rings. The van der Waals surface area contributed by atoms with Gasteiger partial charge < -0.3 is 20.5 Å². The van der Waals surface area contributed by atoms with Crippen molar-refractivity contribution in [2.75, 3.05) is 30.8 Å². The molecule has 0 amide bonds. The molecule has 1 unspecified atom stereocenters. The molecule has 1 atom stereocenters. The molecule has 1 aromatic rings. The Morgan fingerprint density at radius 1 is 1.50 bits per heavy atom. The lowest BCUT2D eigenvalue weighted by Crippen LogP contribution is -2.18. The minimum Gasteiger partial charge on any atom is -0.491 e. The number of anilines is 2. The molecule has 4 heteroatoms. The zero-order valence-corrected chi connectivity index (χ0v) is 10.9. The molecular formula is C14H22N2O2. The highest BCUT2D eigenvalue weighted by Crippen LogP contribution is 2.26. The van der Waals surface area contributed by atoms with E-state index in [1.54, 1.807) is 0 Å². The lowest BCUT2D eigenvalue weighted by Gasteiger charge is -2.14. The summed E-state index contributed by atoms with van der Waals surface area (Å²) < 4.78 is 11.2. The quantitative estimate of drug-likeness (QED) is 0.762. The summed E-state index contributed by atoms with van der Waals surface area (Å²) in [6.07, 6.45) is 3.62.